The average molecular weight is 781 g/mol. The molecule has 0 fully saturated rings. The number of ether oxygens (including phenoxy) is 4. The quantitative estimate of drug-likeness (QED) is 0.0581. The minimum atomic E-state index is -4.40. The molecule has 0 aromatic heterocycles. The number of terminal acetylenes is 1. The summed E-state index contributed by atoms with van der Waals surface area (Å²) in [6, 6.07) is 6.55. The fourth-order valence-electron chi connectivity index (χ4n) is 4.93. The second-order valence-corrected chi connectivity index (χ2v) is 16.1. The van der Waals surface area contributed by atoms with E-state index in [-0.39, 0.29) is 18.8 Å². The van der Waals surface area contributed by atoms with Crippen LogP contribution in [0.15, 0.2) is 46.4 Å². The number of amidine groups is 1. The van der Waals surface area contributed by atoms with Gasteiger partial charge in [-0.2, -0.15) is 0 Å². The van der Waals surface area contributed by atoms with E-state index in [9.17, 15) is 22.8 Å². The highest BCUT2D eigenvalue weighted by molar-refractivity contribution is 7.91. The number of nitrogens with zero attached hydrogens (tertiary/aromatic N) is 2. The molecule has 0 aliphatic carbocycles. The van der Waals surface area contributed by atoms with Gasteiger partial charge in [-0.25, -0.2) is 22.4 Å². The first-order chi connectivity index (χ1) is 24.8. The van der Waals surface area contributed by atoms with Crippen molar-refractivity contribution in [3.05, 3.63) is 58.4 Å². The molecule has 0 saturated carbocycles. The van der Waals surface area contributed by atoms with Crippen LogP contribution in [0.2, 0.25) is 5.02 Å². The van der Waals surface area contributed by atoms with Gasteiger partial charge >= 0.3 is 12.1 Å². The van der Waals surface area contributed by atoms with Crippen molar-refractivity contribution in [1.29, 1.82) is 0 Å². The van der Waals surface area contributed by atoms with Gasteiger partial charge in [-0.05, 0) is 77.3 Å². The van der Waals surface area contributed by atoms with Crippen LogP contribution in [0.5, 0.6) is 0 Å². The van der Waals surface area contributed by atoms with Crippen LogP contribution >= 0.6 is 11.6 Å². The molecule has 2 amide bonds. The van der Waals surface area contributed by atoms with Gasteiger partial charge in [0.05, 0.1) is 60.3 Å². The largest absolute Gasteiger partial charge is 0.444 e. The van der Waals surface area contributed by atoms with Gasteiger partial charge in [0.25, 0.3) is 5.91 Å². The molecule has 0 spiro atoms. The highest BCUT2D eigenvalue weighted by Gasteiger charge is 2.40. The van der Waals surface area contributed by atoms with Gasteiger partial charge in [-0.1, -0.05) is 34.8 Å². The van der Waals surface area contributed by atoms with Crippen LogP contribution in [0.25, 0.3) is 0 Å². The topological polar surface area (TPSA) is 185 Å². The van der Waals surface area contributed by atoms with E-state index in [2.05, 4.69) is 16.4 Å². The molecule has 2 aromatic rings. The van der Waals surface area contributed by atoms with Gasteiger partial charge in [-0.3, -0.25) is 4.79 Å². The van der Waals surface area contributed by atoms with E-state index in [1.165, 1.54) is 0 Å². The summed E-state index contributed by atoms with van der Waals surface area (Å²) in [5.41, 5.74) is 3.98. The Morgan fingerprint density at radius 2 is 1.68 bits per heavy atom. The Labute approximate surface area is 314 Å². The lowest BCUT2D eigenvalue weighted by Gasteiger charge is -2.27. The number of alkyl carbamates (subject to hydrolysis) is 1. The summed E-state index contributed by atoms with van der Waals surface area (Å²) in [4.78, 5) is 45.2. The molecule has 1 aliphatic heterocycles. The summed E-state index contributed by atoms with van der Waals surface area (Å²) in [6.07, 6.45) is 4.94. The number of carbonyl (C=O) groups excluding carboxylic acids is 3. The Kier molecular flexibility index (Phi) is 15.6. The van der Waals surface area contributed by atoms with Crippen LogP contribution in [0, 0.1) is 23.6 Å². The van der Waals surface area contributed by atoms with Crippen molar-refractivity contribution in [3.8, 4) is 12.3 Å². The van der Waals surface area contributed by atoms with Gasteiger partial charge in [0.2, 0.25) is 0 Å². The standard InChI is InChI=1S/C36H46ClFN4O10S/c1-7-14-48-16-18-50-19-17-49-15-8-13-36(5,6)33(44)52-41-31(39)26-20-29-30(21-27(26)38)53(46,47)23-28(40-34(45)51-35(2,3)4)32(43)42(29)22-24-9-11-25(37)12-10-24/h1,9-12,20-21,28H,8,13-19,22-23H2,2-6H3,(H2,39,41)(H,40,45)/t28-/m0/s1. The number of benzene rings is 2. The normalized spacial score (nSPS) is 16.0. The van der Waals surface area contributed by atoms with Crippen molar-refractivity contribution in [2.24, 2.45) is 16.3 Å². The number of oxime groups is 1. The summed E-state index contributed by atoms with van der Waals surface area (Å²) in [5.74, 6) is -1.80. The predicted octanol–water partition coefficient (Wildman–Crippen LogP) is 4.35. The van der Waals surface area contributed by atoms with E-state index in [0.29, 0.717) is 62.5 Å². The molecule has 290 valence electrons. The average Bonchev–Trinajstić information content (AvgIpc) is 3.14. The number of anilines is 1. The van der Waals surface area contributed by atoms with Gasteiger partial charge < -0.3 is 39.7 Å². The molecule has 14 nitrogen and oxygen atoms in total. The Morgan fingerprint density at radius 3 is 2.30 bits per heavy atom. The van der Waals surface area contributed by atoms with E-state index >= 15 is 4.39 Å². The smallest absolute Gasteiger partial charge is 0.408 e. The van der Waals surface area contributed by atoms with Crippen LogP contribution < -0.4 is 16.0 Å². The van der Waals surface area contributed by atoms with Crippen LogP contribution in [0.1, 0.15) is 58.6 Å². The summed E-state index contributed by atoms with van der Waals surface area (Å²) < 4.78 is 64.1. The molecule has 0 radical (unpaired) electrons. The highest BCUT2D eigenvalue weighted by Crippen LogP contribution is 2.35. The third-order valence-corrected chi connectivity index (χ3v) is 9.67. The first kappa shape index (κ1) is 43.1. The number of nitrogens with two attached hydrogens (primary N) is 1. The number of hydrogen-bond donors (Lipinski definition) is 2. The lowest BCUT2D eigenvalue weighted by atomic mass is 9.88. The number of hydrogen-bond acceptors (Lipinski definition) is 11. The molecule has 0 saturated heterocycles. The van der Waals surface area contributed by atoms with Crippen LogP contribution in [0.4, 0.5) is 14.9 Å². The van der Waals surface area contributed by atoms with Gasteiger partial charge in [-0.15, -0.1) is 6.42 Å². The van der Waals surface area contributed by atoms with Crippen molar-refractivity contribution in [3.63, 3.8) is 0 Å². The van der Waals surface area contributed by atoms with Gasteiger partial charge in [0, 0.05) is 11.6 Å². The fraction of sp³-hybridized carbons (Fsp3) is 0.500. The van der Waals surface area contributed by atoms with Gasteiger partial charge in [0.1, 0.15) is 24.1 Å². The van der Waals surface area contributed by atoms with Crippen LogP contribution in [0.3, 0.4) is 0 Å². The molecular weight excluding hydrogens is 735 g/mol. The molecular formula is C36H46ClFN4O10S. The third-order valence-electron chi connectivity index (χ3n) is 7.64. The minimum absolute atomic E-state index is 0.199. The van der Waals surface area contributed by atoms with E-state index < -0.39 is 72.7 Å². The molecule has 0 bridgehead atoms. The second kappa shape index (κ2) is 19.2. The van der Waals surface area contributed by atoms with Crippen molar-refractivity contribution in [2.75, 3.05) is 50.3 Å². The minimum Gasteiger partial charge on any atom is -0.444 e. The first-order valence-electron chi connectivity index (χ1n) is 16.7. The lowest BCUT2D eigenvalue weighted by molar-refractivity contribution is -0.154. The maximum Gasteiger partial charge on any atom is 0.408 e. The summed E-state index contributed by atoms with van der Waals surface area (Å²) >= 11 is 6.04. The van der Waals surface area contributed by atoms with E-state index in [0.717, 1.165) is 11.0 Å². The summed E-state index contributed by atoms with van der Waals surface area (Å²) in [6.45, 7) is 9.93. The van der Waals surface area contributed by atoms with Crippen molar-refractivity contribution < 1.29 is 51.0 Å². The number of sulfone groups is 1. The summed E-state index contributed by atoms with van der Waals surface area (Å²) in [5, 5.41) is 6.42. The number of halogens is 2. The number of nitrogens with one attached hydrogen (secondary N) is 1. The van der Waals surface area contributed by atoms with E-state index in [1.54, 1.807) is 58.9 Å². The number of carbonyl (C=O) groups is 3. The molecule has 3 N–H and O–H groups in total. The molecule has 1 aliphatic rings. The SMILES string of the molecule is C#CCOCCOCCOCCCC(C)(C)C(=O)O/N=C(\N)c1cc2c(cc1F)S(=O)(=O)C[C@H](NC(=O)OC(C)(C)C)C(=O)N2Cc1ccc(Cl)cc1. The zero-order valence-corrected chi connectivity index (χ0v) is 32.0. The predicted molar refractivity (Wildman–Crippen MR) is 195 cm³/mol. The Balaban J connectivity index is 1.79. The zero-order chi connectivity index (χ0) is 39.4. The van der Waals surface area contributed by atoms with Crippen molar-refractivity contribution in [2.45, 2.75) is 70.5 Å². The molecule has 0 unspecified atom stereocenters. The third kappa shape index (κ3) is 13.3. The van der Waals surface area contributed by atoms with Crippen molar-refractivity contribution >= 4 is 50.9 Å². The molecule has 2 aromatic carbocycles. The molecule has 53 heavy (non-hydrogen) atoms. The van der Waals surface area contributed by atoms with Crippen LogP contribution in [-0.4, -0.2) is 89.3 Å². The van der Waals surface area contributed by atoms with Crippen molar-refractivity contribution in [1.82, 2.24) is 5.32 Å². The molecule has 3 rings (SSSR count). The van der Waals surface area contributed by atoms with E-state index in [4.69, 9.17) is 47.5 Å². The van der Waals surface area contributed by atoms with Gasteiger partial charge in [0.15, 0.2) is 15.7 Å². The Morgan fingerprint density at radius 1 is 1.06 bits per heavy atom. The zero-order valence-electron chi connectivity index (χ0n) is 30.4. The lowest BCUT2D eigenvalue weighted by Crippen LogP contribution is -2.51. The Hall–Kier alpha value is -4.27. The Bertz CT molecular complexity index is 1790. The maximum atomic E-state index is 15.6. The maximum absolute atomic E-state index is 15.6. The molecule has 1 heterocycles. The van der Waals surface area contributed by atoms with E-state index in [1.807, 2.05) is 0 Å². The highest BCUT2D eigenvalue weighted by atomic mass is 35.5. The second-order valence-electron chi connectivity index (χ2n) is 13.7. The molecule has 17 heteroatoms. The first-order valence-corrected chi connectivity index (χ1v) is 18.7. The number of rotatable bonds is 17. The number of fused-ring (bicyclic) bond motifs is 1. The fourth-order valence-corrected chi connectivity index (χ4v) is 6.67. The van der Waals surface area contributed by atoms with Crippen LogP contribution in [-0.2, 0) is 49.8 Å². The summed E-state index contributed by atoms with van der Waals surface area (Å²) in [7, 11) is -4.40. The number of amides is 2. The molecule has 1 atom stereocenters. The monoisotopic (exact) mass is 780 g/mol.